The van der Waals surface area contributed by atoms with Gasteiger partial charge < -0.3 is 0 Å². The summed E-state index contributed by atoms with van der Waals surface area (Å²) >= 11 is 0. The molecular formula is C13H10N2. The average Bonchev–Trinajstić information content (AvgIpc) is 2.68. The molecule has 72 valence electrons. The number of nitrogens with one attached hydrogen (secondary N) is 1. The van der Waals surface area contributed by atoms with Crippen LogP contribution >= 0.6 is 0 Å². The predicted octanol–water partition coefficient (Wildman–Crippen LogP) is 2.83. The van der Waals surface area contributed by atoms with E-state index in [2.05, 4.69) is 29.6 Å². The van der Waals surface area contributed by atoms with Crippen molar-refractivity contribution in [2.24, 2.45) is 0 Å². The molecule has 2 heteroatoms. The maximum Gasteiger partial charge on any atom is 0.181 e. The minimum absolute atomic E-state index is 0.917. The fourth-order valence-corrected chi connectivity index (χ4v) is 2.42. The lowest BCUT2D eigenvalue weighted by Crippen LogP contribution is -1.90. The van der Waals surface area contributed by atoms with Crippen LogP contribution in [0.2, 0.25) is 0 Å². The van der Waals surface area contributed by atoms with Crippen LogP contribution < -0.4 is 5.32 Å². The molecule has 0 bridgehead atoms. The molecule has 1 aliphatic rings. The van der Waals surface area contributed by atoms with Crippen LogP contribution in [0, 0.1) is 11.5 Å². The summed E-state index contributed by atoms with van der Waals surface area (Å²) in [5.74, 6) is 0. The first kappa shape index (κ1) is 8.31. The van der Waals surface area contributed by atoms with Gasteiger partial charge in [-0.15, -0.1) is 0 Å². The first-order valence-electron chi connectivity index (χ1n) is 5.09. The summed E-state index contributed by atoms with van der Waals surface area (Å²) in [6.45, 7) is 0. The molecular weight excluding hydrogens is 184 g/mol. The molecule has 0 saturated heterocycles. The van der Waals surface area contributed by atoms with E-state index in [1.54, 1.807) is 0 Å². The van der Waals surface area contributed by atoms with Gasteiger partial charge in [-0.2, -0.15) is 5.26 Å². The van der Waals surface area contributed by atoms with Crippen LogP contribution in [-0.2, 0) is 12.8 Å². The van der Waals surface area contributed by atoms with Gasteiger partial charge in [0, 0.05) is 5.39 Å². The number of benzene rings is 2. The van der Waals surface area contributed by atoms with E-state index in [9.17, 15) is 0 Å². The van der Waals surface area contributed by atoms with Crippen LogP contribution in [0.4, 0.5) is 5.69 Å². The van der Waals surface area contributed by atoms with E-state index < -0.39 is 0 Å². The molecule has 0 aromatic heterocycles. The van der Waals surface area contributed by atoms with E-state index in [0.29, 0.717) is 0 Å². The van der Waals surface area contributed by atoms with Crippen molar-refractivity contribution in [3.63, 3.8) is 0 Å². The van der Waals surface area contributed by atoms with E-state index in [1.165, 1.54) is 21.9 Å². The Hall–Kier alpha value is -2.01. The van der Waals surface area contributed by atoms with Crippen molar-refractivity contribution in [3.8, 4) is 6.19 Å². The number of hydrogen-bond acceptors (Lipinski definition) is 2. The Kier molecular flexibility index (Phi) is 1.66. The van der Waals surface area contributed by atoms with Crippen LogP contribution in [-0.4, -0.2) is 0 Å². The van der Waals surface area contributed by atoms with Gasteiger partial charge in [-0.05, 0) is 35.4 Å². The average molecular weight is 194 g/mol. The molecule has 0 aliphatic heterocycles. The maximum atomic E-state index is 8.67. The maximum absolute atomic E-state index is 8.67. The van der Waals surface area contributed by atoms with Crippen molar-refractivity contribution in [1.82, 2.24) is 0 Å². The van der Waals surface area contributed by atoms with Crippen molar-refractivity contribution in [2.45, 2.75) is 12.8 Å². The summed E-state index contributed by atoms with van der Waals surface area (Å²) in [6, 6.07) is 10.4. The zero-order chi connectivity index (χ0) is 10.3. The van der Waals surface area contributed by atoms with Crippen LogP contribution in [0.5, 0.6) is 0 Å². The smallest absolute Gasteiger partial charge is 0.181 e. The SMILES string of the molecule is N#CNc1ccc2c3c(cccc13)CC2. The van der Waals surface area contributed by atoms with Gasteiger partial charge in [0.15, 0.2) is 6.19 Å². The highest BCUT2D eigenvalue weighted by atomic mass is 14.9. The highest BCUT2D eigenvalue weighted by molar-refractivity contribution is 5.99. The zero-order valence-electron chi connectivity index (χ0n) is 8.25. The van der Waals surface area contributed by atoms with Gasteiger partial charge in [0.2, 0.25) is 0 Å². The third-order valence-electron chi connectivity index (χ3n) is 3.07. The first-order chi connectivity index (χ1) is 7.40. The van der Waals surface area contributed by atoms with Crippen molar-refractivity contribution < 1.29 is 0 Å². The van der Waals surface area contributed by atoms with Crippen molar-refractivity contribution >= 4 is 16.5 Å². The Bertz CT molecular complexity index is 569. The lowest BCUT2D eigenvalue weighted by Gasteiger charge is -2.06. The lowest BCUT2D eigenvalue weighted by atomic mass is 10.0. The van der Waals surface area contributed by atoms with Crippen LogP contribution in [0.15, 0.2) is 30.3 Å². The number of hydrogen-bond donors (Lipinski definition) is 1. The molecule has 0 heterocycles. The molecule has 3 rings (SSSR count). The summed E-state index contributed by atoms with van der Waals surface area (Å²) in [5, 5.41) is 13.9. The predicted molar refractivity (Wildman–Crippen MR) is 60.6 cm³/mol. The van der Waals surface area contributed by atoms with Crippen LogP contribution in [0.25, 0.3) is 10.8 Å². The summed E-state index contributed by atoms with van der Waals surface area (Å²) in [4.78, 5) is 0. The number of anilines is 1. The quantitative estimate of drug-likeness (QED) is 0.559. The normalized spacial score (nSPS) is 12.7. The summed E-state index contributed by atoms with van der Waals surface area (Å²) in [7, 11) is 0. The summed E-state index contributed by atoms with van der Waals surface area (Å²) in [5.41, 5.74) is 3.73. The van der Waals surface area contributed by atoms with E-state index >= 15 is 0 Å². The third-order valence-corrected chi connectivity index (χ3v) is 3.07. The highest BCUT2D eigenvalue weighted by Gasteiger charge is 2.15. The molecule has 1 aliphatic carbocycles. The van der Waals surface area contributed by atoms with Gasteiger partial charge in [0.1, 0.15) is 0 Å². The molecule has 15 heavy (non-hydrogen) atoms. The monoisotopic (exact) mass is 194 g/mol. The zero-order valence-corrected chi connectivity index (χ0v) is 8.25. The van der Waals surface area contributed by atoms with Crippen LogP contribution in [0.1, 0.15) is 11.1 Å². The Morgan fingerprint density at radius 2 is 1.87 bits per heavy atom. The summed E-state index contributed by atoms with van der Waals surface area (Å²) < 4.78 is 0. The van der Waals surface area contributed by atoms with Gasteiger partial charge >= 0.3 is 0 Å². The topological polar surface area (TPSA) is 35.8 Å². The molecule has 2 nitrogen and oxygen atoms in total. The lowest BCUT2D eigenvalue weighted by molar-refractivity contribution is 1.02. The van der Waals surface area contributed by atoms with Gasteiger partial charge in [-0.3, -0.25) is 5.32 Å². The van der Waals surface area contributed by atoms with E-state index in [4.69, 9.17) is 5.26 Å². The molecule has 0 spiro atoms. The Morgan fingerprint density at radius 3 is 2.67 bits per heavy atom. The van der Waals surface area contributed by atoms with Crippen molar-refractivity contribution in [2.75, 3.05) is 5.32 Å². The van der Waals surface area contributed by atoms with Gasteiger partial charge in [0.05, 0.1) is 5.69 Å². The van der Waals surface area contributed by atoms with Gasteiger partial charge in [-0.1, -0.05) is 24.3 Å². The minimum atomic E-state index is 0.917. The molecule has 0 fully saturated rings. The number of aryl methyl sites for hydroxylation is 2. The Morgan fingerprint density at radius 1 is 1.07 bits per heavy atom. The number of nitrogens with zero attached hydrogens (tertiary/aromatic N) is 1. The molecule has 0 atom stereocenters. The second-order valence-electron chi connectivity index (χ2n) is 3.85. The standard InChI is InChI=1S/C13H10N2/c14-8-15-12-7-6-10-5-4-9-2-1-3-11(12)13(9)10/h1-3,6-7,15H,4-5H2. The second kappa shape index (κ2) is 2.99. The van der Waals surface area contributed by atoms with E-state index in [0.717, 1.165) is 18.5 Å². The van der Waals surface area contributed by atoms with E-state index in [-0.39, 0.29) is 0 Å². The van der Waals surface area contributed by atoms with Gasteiger partial charge in [0.25, 0.3) is 0 Å². The molecule has 0 radical (unpaired) electrons. The molecule has 0 saturated carbocycles. The second-order valence-corrected chi connectivity index (χ2v) is 3.85. The largest absolute Gasteiger partial charge is 0.292 e. The number of nitriles is 1. The molecule has 0 amide bonds. The molecule has 2 aromatic rings. The Balaban J connectivity index is 2.39. The highest BCUT2D eigenvalue weighted by Crippen LogP contribution is 2.34. The third kappa shape index (κ3) is 1.10. The van der Waals surface area contributed by atoms with Crippen molar-refractivity contribution in [1.29, 1.82) is 5.26 Å². The number of rotatable bonds is 1. The minimum Gasteiger partial charge on any atom is -0.292 e. The van der Waals surface area contributed by atoms with E-state index in [1.807, 2.05) is 12.3 Å². The first-order valence-corrected chi connectivity index (χ1v) is 5.09. The van der Waals surface area contributed by atoms with Gasteiger partial charge in [-0.25, -0.2) is 0 Å². The fraction of sp³-hybridized carbons (Fsp3) is 0.154. The Labute approximate surface area is 88.1 Å². The van der Waals surface area contributed by atoms with Crippen molar-refractivity contribution in [3.05, 3.63) is 41.5 Å². The molecule has 2 aromatic carbocycles. The van der Waals surface area contributed by atoms with Crippen LogP contribution in [0.3, 0.4) is 0 Å². The molecule has 0 unspecified atom stereocenters. The fourth-order valence-electron chi connectivity index (χ4n) is 2.42. The molecule has 1 N–H and O–H groups in total. The summed E-state index contributed by atoms with van der Waals surface area (Å²) in [6.07, 6.45) is 4.24.